The van der Waals surface area contributed by atoms with Crippen molar-refractivity contribution in [2.75, 3.05) is 31.1 Å². The Hall–Kier alpha value is -2.76. The standard InChI is InChI=1S/C25H35N3O3/c1-7-31-25(30)24-19(4)22(20(5)26(24)6)11-12-23(29)27-13-14-28(18(3)16-27)21-10-8-9-17(2)15-21/h8-10,15,18H,7,11-14,16H2,1-6H3/t18-/m1/s1. The number of carbonyl (C=O) groups is 2. The largest absolute Gasteiger partial charge is 0.461 e. The van der Waals surface area contributed by atoms with Crippen molar-refractivity contribution >= 4 is 17.6 Å². The lowest BCUT2D eigenvalue weighted by molar-refractivity contribution is -0.131. The first-order chi connectivity index (χ1) is 14.7. The summed E-state index contributed by atoms with van der Waals surface area (Å²) in [5, 5.41) is 0. The molecule has 1 aromatic carbocycles. The number of hydrogen-bond acceptors (Lipinski definition) is 4. The van der Waals surface area contributed by atoms with Crippen LogP contribution in [0.1, 0.15) is 53.1 Å². The Labute approximate surface area is 185 Å². The smallest absolute Gasteiger partial charge is 0.355 e. The third-order valence-corrected chi connectivity index (χ3v) is 6.45. The van der Waals surface area contributed by atoms with Gasteiger partial charge in [0.2, 0.25) is 5.91 Å². The summed E-state index contributed by atoms with van der Waals surface area (Å²) in [5.41, 5.74) is 6.07. The first kappa shape index (κ1) is 22.9. The number of benzene rings is 1. The number of rotatable bonds is 6. The molecule has 0 bridgehead atoms. The highest BCUT2D eigenvalue weighted by atomic mass is 16.5. The van der Waals surface area contributed by atoms with E-state index in [1.807, 2.05) is 37.3 Å². The lowest BCUT2D eigenvalue weighted by Gasteiger charge is -2.41. The Bertz CT molecular complexity index is 963. The number of ether oxygens (including phenoxy) is 1. The minimum Gasteiger partial charge on any atom is -0.461 e. The zero-order valence-electron chi connectivity index (χ0n) is 19.7. The van der Waals surface area contributed by atoms with E-state index in [1.165, 1.54) is 11.3 Å². The van der Waals surface area contributed by atoms with Crippen LogP contribution in [-0.2, 0) is 23.0 Å². The Balaban J connectivity index is 1.63. The quantitative estimate of drug-likeness (QED) is 0.661. The molecule has 1 atom stereocenters. The molecule has 1 aromatic heterocycles. The number of nitrogens with zero attached hydrogens (tertiary/aromatic N) is 3. The number of aryl methyl sites for hydroxylation is 1. The van der Waals surface area contributed by atoms with Gasteiger partial charge in [-0.1, -0.05) is 12.1 Å². The van der Waals surface area contributed by atoms with E-state index in [1.54, 1.807) is 0 Å². The molecular formula is C25H35N3O3. The van der Waals surface area contributed by atoms with Crippen LogP contribution in [0.2, 0.25) is 0 Å². The summed E-state index contributed by atoms with van der Waals surface area (Å²) in [4.78, 5) is 29.7. The van der Waals surface area contributed by atoms with Gasteiger partial charge in [0.1, 0.15) is 5.69 Å². The number of amides is 1. The van der Waals surface area contributed by atoms with E-state index in [-0.39, 0.29) is 17.9 Å². The Morgan fingerprint density at radius 1 is 1.16 bits per heavy atom. The average molecular weight is 426 g/mol. The van der Waals surface area contributed by atoms with E-state index in [0.717, 1.165) is 36.5 Å². The average Bonchev–Trinajstić information content (AvgIpc) is 2.94. The summed E-state index contributed by atoms with van der Waals surface area (Å²) in [6.45, 7) is 12.7. The Kier molecular flexibility index (Phi) is 7.08. The van der Waals surface area contributed by atoms with Crippen LogP contribution in [0.15, 0.2) is 24.3 Å². The van der Waals surface area contributed by atoms with Gasteiger partial charge in [-0.2, -0.15) is 0 Å². The molecule has 1 fully saturated rings. The summed E-state index contributed by atoms with van der Waals surface area (Å²) in [6, 6.07) is 8.81. The highest BCUT2D eigenvalue weighted by Crippen LogP contribution is 2.25. The molecule has 0 saturated carbocycles. The zero-order chi connectivity index (χ0) is 22.7. The molecule has 0 unspecified atom stereocenters. The molecule has 0 aliphatic carbocycles. The summed E-state index contributed by atoms with van der Waals surface area (Å²) in [5.74, 6) is -0.125. The molecule has 0 N–H and O–H groups in total. The highest BCUT2D eigenvalue weighted by molar-refractivity contribution is 5.90. The minimum atomic E-state index is -0.302. The van der Waals surface area contributed by atoms with Crippen molar-refractivity contribution in [3.8, 4) is 0 Å². The second kappa shape index (κ2) is 9.58. The Morgan fingerprint density at radius 3 is 2.55 bits per heavy atom. The van der Waals surface area contributed by atoms with E-state index in [0.29, 0.717) is 25.1 Å². The van der Waals surface area contributed by atoms with E-state index in [9.17, 15) is 9.59 Å². The highest BCUT2D eigenvalue weighted by Gasteiger charge is 2.28. The molecule has 1 aliphatic heterocycles. The van der Waals surface area contributed by atoms with Crippen LogP contribution < -0.4 is 4.90 Å². The molecule has 1 saturated heterocycles. The van der Waals surface area contributed by atoms with Crippen molar-refractivity contribution in [3.63, 3.8) is 0 Å². The van der Waals surface area contributed by atoms with Gasteiger partial charge in [-0.15, -0.1) is 0 Å². The number of esters is 1. The molecule has 31 heavy (non-hydrogen) atoms. The molecular weight excluding hydrogens is 390 g/mol. The monoisotopic (exact) mass is 425 g/mol. The molecule has 3 rings (SSSR count). The van der Waals surface area contributed by atoms with Gasteiger partial charge >= 0.3 is 5.97 Å². The maximum atomic E-state index is 13.0. The number of aromatic nitrogens is 1. The van der Waals surface area contributed by atoms with Gasteiger partial charge in [-0.3, -0.25) is 4.79 Å². The number of anilines is 1. The summed E-state index contributed by atoms with van der Waals surface area (Å²) >= 11 is 0. The maximum absolute atomic E-state index is 13.0. The first-order valence-electron chi connectivity index (χ1n) is 11.2. The zero-order valence-corrected chi connectivity index (χ0v) is 19.7. The van der Waals surface area contributed by atoms with Crippen LogP contribution in [0.5, 0.6) is 0 Å². The molecule has 0 spiro atoms. The normalized spacial score (nSPS) is 16.5. The van der Waals surface area contributed by atoms with Gasteiger partial charge < -0.3 is 19.1 Å². The lowest BCUT2D eigenvalue weighted by atomic mass is 10.0. The van der Waals surface area contributed by atoms with Crippen molar-refractivity contribution in [2.45, 2.75) is 53.5 Å². The third-order valence-electron chi connectivity index (χ3n) is 6.45. The minimum absolute atomic E-state index is 0.177. The molecule has 6 heteroatoms. The van der Waals surface area contributed by atoms with Gasteiger partial charge in [0.15, 0.2) is 0 Å². The van der Waals surface area contributed by atoms with E-state index in [2.05, 4.69) is 43.0 Å². The molecule has 1 aliphatic rings. The lowest BCUT2D eigenvalue weighted by Crippen LogP contribution is -2.53. The van der Waals surface area contributed by atoms with Gasteiger partial charge in [0.25, 0.3) is 0 Å². The summed E-state index contributed by atoms with van der Waals surface area (Å²) < 4.78 is 7.09. The van der Waals surface area contributed by atoms with Gasteiger partial charge in [0.05, 0.1) is 6.61 Å². The van der Waals surface area contributed by atoms with Crippen molar-refractivity contribution in [2.24, 2.45) is 7.05 Å². The fourth-order valence-electron chi connectivity index (χ4n) is 4.66. The molecule has 2 heterocycles. The molecule has 0 radical (unpaired) electrons. The van der Waals surface area contributed by atoms with Gasteiger partial charge in [0, 0.05) is 50.5 Å². The second-order valence-corrected chi connectivity index (χ2v) is 8.54. The van der Waals surface area contributed by atoms with Crippen LogP contribution in [0.25, 0.3) is 0 Å². The molecule has 1 amide bonds. The SMILES string of the molecule is CCOC(=O)c1c(C)c(CCC(=O)N2CCN(c3cccc(C)c3)[C@H](C)C2)c(C)n1C. The van der Waals surface area contributed by atoms with Crippen LogP contribution in [0, 0.1) is 20.8 Å². The number of carbonyl (C=O) groups excluding carboxylic acids is 2. The first-order valence-corrected chi connectivity index (χ1v) is 11.2. The van der Waals surface area contributed by atoms with Crippen molar-refractivity contribution < 1.29 is 14.3 Å². The number of piperazine rings is 1. The van der Waals surface area contributed by atoms with E-state index in [4.69, 9.17) is 4.74 Å². The van der Waals surface area contributed by atoms with Gasteiger partial charge in [-0.05, 0) is 69.9 Å². The van der Waals surface area contributed by atoms with Gasteiger partial charge in [-0.25, -0.2) is 4.79 Å². The molecule has 2 aromatic rings. The maximum Gasteiger partial charge on any atom is 0.355 e. The summed E-state index contributed by atoms with van der Waals surface area (Å²) in [7, 11) is 1.88. The number of hydrogen-bond donors (Lipinski definition) is 0. The van der Waals surface area contributed by atoms with Crippen LogP contribution >= 0.6 is 0 Å². The van der Waals surface area contributed by atoms with Crippen molar-refractivity contribution in [1.29, 1.82) is 0 Å². The predicted molar refractivity (Wildman–Crippen MR) is 124 cm³/mol. The fourth-order valence-corrected chi connectivity index (χ4v) is 4.66. The van der Waals surface area contributed by atoms with Crippen LogP contribution in [0.4, 0.5) is 5.69 Å². The fraction of sp³-hybridized carbons (Fsp3) is 0.520. The van der Waals surface area contributed by atoms with Crippen molar-refractivity contribution in [1.82, 2.24) is 9.47 Å². The van der Waals surface area contributed by atoms with Crippen molar-refractivity contribution in [3.05, 3.63) is 52.3 Å². The topological polar surface area (TPSA) is 54.8 Å². The van der Waals surface area contributed by atoms with E-state index >= 15 is 0 Å². The molecule has 168 valence electrons. The summed E-state index contributed by atoms with van der Waals surface area (Å²) in [6.07, 6.45) is 1.08. The predicted octanol–water partition coefficient (Wildman–Crippen LogP) is 3.80. The van der Waals surface area contributed by atoms with E-state index < -0.39 is 0 Å². The Morgan fingerprint density at radius 2 is 1.90 bits per heavy atom. The molecule has 6 nitrogen and oxygen atoms in total. The third kappa shape index (κ3) is 4.78. The van der Waals surface area contributed by atoms with Crippen LogP contribution in [-0.4, -0.2) is 53.6 Å². The second-order valence-electron chi connectivity index (χ2n) is 8.54. The van der Waals surface area contributed by atoms with Crippen LogP contribution in [0.3, 0.4) is 0 Å².